The maximum Gasteiger partial charge on any atom is 0.416 e. The van der Waals surface area contributed by atoms with Gasteiger partial charge in [-0.1, -0.05) is 17.3 Å². The molecule has 2 aromatic rings. The second-order valence-electron chi connectivity index (χ2n) is 6.37. The molecule has 2 heterocycles. The maximum atomic E-state index is 12.8. The molecule has 0 atom stereocenters. The van der Waals surface area contributed by atoms with Crippen LogP contribution < -0.4 is 10.6 Å². The number of pyridine rings is 1. The van der Waals surface area contributed by atoms with Gasteiger partial charge in [0.15, 0.2) is 5.84 Å². The molecule has 144 valence electrons. The highest BCUT2D eigenvalue weighted by atomic mass is 19.4. The maximum absolute atomic E-state index is 12.8. The van der Waals surface area contributed by atoms with Gasteiger partial charge in [-0.25, -0.2) is 4.98 Å². The van der Waals surface area contributed by atoms with E-state index in [4.69, 9.17) is 10.6 Å². The van der Waals surface area contributed by atoms with Gasteiger partial charge in [0.2, 0.25) is 0 Å². The van der Waals surface area contributed by atoms with E-state index in [0.717, 1.165) is 43.9 Å². The second-order valence-corrected chi connectivity index (χ2v) is 6.37. The van der Waals surface area contributed by atoms with Crippen molar-refractivity contribution < 1.29 is 18.0 Å². The molecule has 3 rings (SSSR count). The summed E-state index contributed by atoms with van der Waals surface area (Å²) in [5.74, 6) is 0.900. The minimum absolute atomic E-state index is 0.107. The minimum atomic E-state index is -4.39. The highest BCUT2D eigenvalue weighted by Gasteiger charge is 2.30. The molecule has 0 spiro atoms. The zero-order chi connectivity index (χ0) is 19.3. The molecule has 0 saturated carbocycles. The van der Waals surface area contributed by atoms with Crippen molar-refractivity contribution in [2.24, 2.45) is 10.9 Å². The van der Waals surface area contributed by atoms with Crippen LogP contribution in [0.5, 0.6) is 0 Å². The SMILES string of the molecule is N/C(=N\OCc1cccc(C(F)(F)F)c1)c1cccnc1N1CCCCC1. The third-order valence-electron chi connectivity index (χ3n) is 4.37. The van der Waals surface area contributed by atoms with Crippen LogP contribution in [0, 0.1) is 0 Å². The molecule has 1 aliphatic heterocycles. The van der Waals surface area contributed by atoms with Crippen LogP contribution in [-0.2, 0) is 17.6 Å². The van der Waals surface area contributed by atoms with Crippen molar-refractivity contribution in [2.75, 3.05) is 18.0 Å². The molecular weight excluding hydrogens is 357 g/mol. The number of rotatable bonds is 5. The van der Waals surface area contributed by atoms with Crippen LogP contribution >= 0.6 is 0 Å². The first-order valence-electron chi connectivity index (χ1n) is 8.77. The fourth-order valence-electron chi connectivity index (χ4n) is 3.02. The Morgan fingerprint density at radius 2 is 1.93 bits per heavy atom. The van der Waals surface area contributed by atoms with Crippen molar-refractivity contribution in [1.82, 2.24) is 4.98 Å². The van der Waals surface area contributed by atoms with E-state index in [1.165, 1.54) is 12.5 Å². The molecule has 8 heteroatoms. The minimum Gasteiger partial charge on any atom is -0.389 e. The summed E-state index contributed by atoms with van der Waals surface area (Å²) >= 11 is 0. The van der Waals surface area contributed by atoms with E-state index in [9.17, 15) is 13.2 Å². The number of hydrogen-bond donors (Lipinski definition) is 1. The number of piperidine rings is 1. The lowest BCUT2D eigenvalue weighted by Crippen LogP contribution is -2.32. The molecule has 0 bridgehead atoms. The van der Waals surface area contributed by atoms with Crippen LogP contribution in [0.2, 0.25) is 0 Å². The summed E-state index contributed by atoms with van der Waals surface area (Å²) < 4.78 is 38.3. The molecule has 1 saturated heterocycles. The molecule has 1 aromatic carbocycles. The monoisotopic (exact) mass is 378 g/mol. The van der Waals surface area contributed by atoms with Crippen LogP contribution in [0.4, 0.5) is 19.0 Å². The normalized spacial score (nSPS) is 15.7. The molecular formula is C19H21F3N4O. The molecule has 0 amide bonds. The van der Waals surface area contributed by atoms with Crippen molar-refractivity contribution in [3.8, 4) is 0 Å². The number of alkyl halides is 3. The van der Waals surface area contributed by atoms with Gasteiger partial charge in [0.1, 0.15) is 12.4 Å². The van der Waals surface area contributed by atoms with Crippen LogP contribution in [0.25, 0.3) is 0 Å². The number of amidine groups is 1. The topological polar surface area (TPSA) is 63.7 Å². The summed E-state index contributed by atoms with van der Waals surface area (Å²) in [7, 11) is 0. The highest BCUT2D eigenvalue weighted by molar-refractivity contribution is 6.01. The van der Waals surface area contributed by atoms with E-state index in [0.29, 0.717) is 11.1 Å². The van der Waals surface area contributed by atoms with Crippen molar-refractivity contribution in [1.29, 1.82) is 0 Å². The zero-order valence-electron chi connectivity index (χ0n) is 14.7. The third kappa shape index (κ3) is 4.90. The zero-order valence-corrected chi connectivity index (χ0v) is 14.7. The summed E-state index contributed by atoms with van der Waals surface area (Å²) in [4.78, 5) is 11.8. The molecule has 1 aromatic heterocycles. The summed E-state index contributed by atoms with van der Waals surface area (Å²) in [6.45, 7) is 1.70. The Kier molecular flexibility index (Phi) is 5.83. The number of oxime groups is 1. The number of hydrogen-bond acceptors (Lipinski definition) is 4. The van der Waals surface area contributed by atoms with E-state index in [1.807, 2.05) is 6.07 Å². The third-order valence-corrected chi connectivity index (χ3v) is 4.37. The van der Waals surface area contributed by atoms with Gasteiger partial charge < -0.3 is 15.5 Å². The first-order valence-corrected chi connectivity index (χ1v) is 8.77. The molecule has 5 nitrogen and oxygen atoms in total. The van der Waals surface area contributed by atoms with Crippen LogP contribution in [0.3, 0.4) is 0 Å². The van der Waals surface area contributed by atoms with Crippen LogP contribution in [0.1, 0.15) is 36.0 Å². The predicted molar refractivity (Wildman–Crippen MR) is 97.3 cm³/mol. The smallest absolute Gasteiger partial charge is 0.389 e. The number of anilines is 1. The van der Waals surface area contributed by atoms with Gasteiger partial charge in [0, 0.05) is 19.3 Å². The Bertz CT molecular complexity index is 802. The predicted octanol–water partition coefficient (Wildman–Crippen LogP) is 3.93. The Labute approximate surface area is 155 Å². The molecule has 0 unspecified atom stereocenters. The van der Waals surface area contributed by atoms with Crippen molar-refractivity contribution in [3.63, 3.8) is 0 Å². The van der Waals surface area contributed by atoms with Crippen molar-refractivity contribution in [3.05, 3.63) is 59.3 Å². The molecule has 27 heavy (non-hydrogen) atoms. The number of aromatic nitrogens is 1. The van der Waals surface area contributed by atoms with Gasteiger partial charge in [-0.05, 0) is 49.1 Å². The summed E-state index contributed by atoms with van der Waals surface area (Å²) in [6, 6.07) is 8.51. The van der Waals surface area contributed by atoms with Gasteiger partial charge in [0.25, 0.3) is 0 Å². The molecule has 0 radical (unpaired) electrons. The van der Waals surface area contributed by atoms with Gasteiger partial charge in [-0.3, -0.25) is 0 Å². The Morgan fingerprint density at radius 1 is 1.15 bits per heavy atom. The largest absolute Gasteiger partial charge is 0.416 e. The molecule has 1 aliphatic rings. The van der Waals surface area contributed by atoms with Gasteiger partial charge in [-0.15, -0.1) is 0 Å². The standard InChI is InChI=1S/C19H21F3N4O/c20-19(21,22)15-7-4-6-14(12-15)13-27-25-17(23)16-8-5-9-24-18(16)26-10-2-1-3-11-26/h4-9,12H,1-3,10-11,13H2,(H2,23,25). The quantitative estimate of drug-likeness (QED) is 0.486. The number of halogens is 3. The Balaban J connectivity index is 1.70. The Morgan fingerprint density at radius 3 is 2.67 bits per heavy atom. The first-order chi connectivity index (χ1) is 12.9. The number of nitrogens with two attached hydrogens (primary N) is 1. The summed E-state index contributed by atoms with van der Waals surface area (Å²) in [5.41, 5.74) is 6.34. The van der Waals surface area contributed by atoms with Gasteiger partial charge >= 0.3 is 6.18 Å². The molecule has 2 N–H and O–H groups in total. The molecule has 1 fully saturated rings. The lowest BCUT2D eigenvalue weighted by Gasteiger charge is -2.29. The number of nitrogens with zero attached hydrogens (tertiary/aromatic N) is 3. The highest BCUT2D eigenvalue weighted by Crippen LogP contribution is 2.29. The lowest BCUT2D eigenvalue weighted by atomic mass is 10.1. The van der Waals surface area contributed by atoms with E-state index < -0.39 is 11.7 Å². The summed E-state index contributed by atoms with van der Waals surface area (Å²) in [5, 5.41) is 3.88. The van der Waals surface area contributed by atoms with Crippen LogP contribution in [0.15, 0.2) is 47.8 Å². The van der Waals surface area contributed by atoms with Crippen molar-refractivity contribution in [2.45, 2.75) is 32.0 Å². The number of benzene rings is 1. The lowest BCUT2D eigenvalue weighted by molar-refractivity contribution is -0.137. The first kappa shape index (κ1) is 19.0. The van der Waals surface area contributed by atoms with Crippen LogP contribution in [-0.4, -0.2) is 23.9 Å². The van der Waals surface area contributed by atoms with Gasteiger partial charge in [0.05, 0.1) is 11.1 Å². The van der Waals surface area contributed by atoms with E-state index in [-0.39, 0.29) is 12.4 Å². The fraction of sp³-hybridized carbons (Fsp3) is 0.368. The van der Waals surface area contributed by atoms with E-state index >= 15 is 0 Å². The average Bonchev–Trinajstić information content (AvgIpc) is 2.68. The Hall–Kier alpha value is -2.77. The van der Waals surface area contributed by atoms with Gasteiger partial charge in [-0.2, -0.15) is 13.2 Å². The molecule has 0 aliphatic carbocycles. The fourth-order valence-corrected chi connectivity index (χ4v) is 3.02. The average molecular weight is 378 g/mol. The summed E-state index contributed by atoms with van der Waals surface area (Å²) in [6.07, 6.45) is 0.697. The van der Waals surface area contributed by atoms with E-state index in [1.54, 1.807) is 18.3 Å². The second kappa shape index (κ2) is 8.28. The van der Waals surface area contributed by atoms with Crippen molar-refractivity contribution >= 4 is 11.7 Å². The van der Waals surface area contributed by atoms with E-state index in [2.05, 4.69) is 15.0 Å².